The fourth-order valence-electron chi connectivity index (χ4n) is 3.36. The van der Waals surface area contributed by atoms with Crippen LogP contribution in [0.3, 0.4) is 0 Å². The van der Waals surface area contributed by atoms with E-state index in [1.54, 1.807) is 11.1 Å². The largest absolute Gasteiger partial charge is 0.322 e. The van der Waals surface area contributed by atoms with Crippen LogP contribution in [0.2, 0.25) is 0 Å². The summed E-state index contributed by atoms with van der Waals surface area (Å²) in [5.74, 6) is 2.16. The maximum Gasteiger partial charge on any atom is 0.255 e. The van der Waals surface area contributed by atoms with E-state index >= 15 is 0 Å². The molecular formula is C21H25N3O2S. The lowest BCUT2D eigenvalue weighted by atomic mass is 10.0. The number of carbonyl (C=O) groups excluding carboxylic acids is 2. The van der Waals surface area contributed by atoms with Gasteiger partial charge in [0, 0.05) is 24.1 Å². The summed E-state index contributed by atoms with van der Waals surface area (Å²) in [5, 5.41) is 2.91. The first-order valence-electron chi connectivity index (χ1n) is 9.23. The molecule has 0 saturated heterocycles. The standard InChI is InChI=1S/C21H25N3O2S/c1-4-27-13-15-9-10-22-18(11-15)23-20(25)19(14(2)3)24-12-16-7-5-6-8-17(16)21(24)26/h5-11,14,19H,4,12-13H2,1-3H3,(H,22,23,25)/t19-/m0/s1. The Morgan fingerprint density at radius 3 is 2.78 bits per heavy atom. The predicted octanol–water partition coefficient (Wildman–Crippen LogP) is 3.95. The van der Waals surface area contributed by atoms with Gasteiger partial charge in [0.05, 0.1) is 0 Å². The molecule has 0 spiro atoms. The van der Waals surface area contributed by atoms with Crippen LogP contribution in [0.5, 0.6) is 0 Å². The average Bonchev–Trinajstić information content (AvgIpc) is 2.97. The minimum atomic E-state index is -0.541. The van der Waals surface area contributed by atoms with E-state index in [1.807, 2.05) is 62.0 Å². The zero-order valence-corrected chi connectivity index (χ0v) is 16.8. The lowest BCUT2D eigenvalue weighted by Crippen LogP contribution is -2.47. The number of rotatable bonds is 7. The number of nitrogens with zero attached hydrogens (tertiary/aromatic N) is 2. The van der Waals surface area contributed by atoms with E-state index < -0.39 is 6.04 Å². The molecule has 1 N–H and O–H groups in total. The molecule has 3 rings (SSSR count). The molecule has 0 bridgehead atoms. The van der Waals surface area contributed by atoms with E-state index in [0.29, 0.717) is 17.9 Å². The number of anilines is 1. The Kier molecular flexibility index (Phi) is 6.16. The second-order valence-electron chi connectivity index (χ2n) is 6.95. The quantitative estimate of drug-likeness (QED) is 0.786. The Hall–Kier alpha value is -2.34. The van der Waals surface area contributed by atoms with Gasteiger partial charge >= 0.3 is 0 Å². The molecule has 142 valence electrons. The number of hydrogen-bond acceptors (Lipinski definition) is 4. The van der Waals surface area contributed by atoms with Crippen molar-refractivity contribution in [3.63, 3.8) is 0 Å². The van der Waals surface area contributed by atoms with Crippen LogP contribution < -0.4 is 5.32 Å². The summed E-state index contributed by atoms with van der Waals surface area (Å²) < 4.78 is 0. The number of benzene rings is 1. The summed E-state index contributed by atoms with van der Waals surface area (Å²) in [5.41, 5.74) is 2.78. The number of thioether (sulfide) groups is 1. The molecule has 1 aliphatic rings. The number of pyridine rings is 1. The molecule has 0 radical (unpaired) electrons. The van der Waals surface area contributed by atoms with Crippen molar-refractivity contribution < 1.29 is 9.59 Å². The van der Waals surface area contributed by atoms with Gasteiger partial charge in [0.25, 0.3) is 5.91 Å². The number of hydrogen-bond donors (Lipinski definition) is 1. The molecule has 0 aliphatic carbocycles. The van der Waals surface area contributed by atoms with Gasteiger partial charge in [-0.25, -0.2) is 4.98 Å². The maximum absolute atomic E-state index is 13.0. The van der Waals surface area contributed by atoms with Crippen LogP contribution in [-0.2, 0) is 17.1 Å². The molecule has 2 heterocycles. The van der Waals surface area contributed by atoms with Gasteiger partial charge in [-0.3, -0.25) is 9.59 Å². The Balaban J connectivity index is 1.76. The first kappa shape index (κ1) is 19.4. The highest BCUT2D eigenvalue weighted by molar-refractivity contribution is 7.98. The molecule has 0 saturated carbocycles. The van der Waals surface area contributed by atoms with Gasteiger partial charge in [0.1, 0.15) is 11.9 Å². The van der Waals surface area contributed by atoms with E-state index in [1.165, 1.54) is 0 Å². The van der Waals surface area contributed by atoms with Crippen molar-refractivity contribution in [2.75, 3.05) is 11.1 Å². The molecule has 5 nitrogen and oxygen atoms in total. The number of aromatic nitrogens is 1. The topological polar surface area (TPSA) is 62.3 Å². The van der Waals surface area contributed by atoms with Crippen molar-refractivity contribution in [1.82, 2.24) is 9.88 Å². The predicted molar refractivity (Wildman–Crippen MR) is 110 cm³/mol. The number of nitrogens with one attached hydrogen (secondary N) is 1. The van der Waals surface area contributed by atoms with Gasteiger partial charge in [0.2, 0.25) is 5.91 Å². The number of amides is 2. The first-order chi connectivity index (χ1) is 13.0. The first-order valence-corrected chi connectivity index (χ1v) is 10.4. The summed E-state index contributed by atoms with van der Waals surface area (Å²) in [7, 11) is 0. The van der Waals surface area contributed by atoms with Gasteiger partial charge < -0.3 is 10.2 Å². The SMILES string of the molecule is CCSCc1ccnc(NC(=O)[C@H](C(C)C)N2Cc3ccccc3C2=O)c1. The normalized spacial score (nSPS) is 14.4. The number of carbonyl (C=O) groups is 2. The molecule has 1 aromatic heterocycles. The Bertz CT molecular complexity index is 838. The molecule has 1 atom stereocenters. The van der Waals surface area contributed by atoms with E-state index in [4.69, 9.17) is 0 Å². The molecule has 1 aromatic carbocycles. The second-order valence-corrected chi connectivity index (χ2v) is 8.23. The van der Waals surface area contributed by atoms with Crippen molar-refractivity contribution in [2.24, 2.45) is 5.92 Å². The minimum Gasteiger partial charge on any atom is -0.322 e. The lowest BCUT2D eigenvalue weighted by Gasteiger charge is -2.29. The summed E-state index contributed by atoms with van der Waals surface area (Å²) >= 11 is 1.82. The van der Waals surface area contributed by atoms with Crippen molar-refractivity contribution >= 4 is 29.4 Å². The lowest BCUT2D eigenvalue weighted by molar-refractivity contribution is -0.122. The van der Waals surface area contributed by atoms with Crippen LogP contribution in [0.1, 0.15) is 42.3 Å². The molecule has 6 heteroatoms. The monoisotopic (exact) mass is 383 g/mol. The van der Waals surface area contributed by atoms with Crippen LogP contribution in [0, 0.1) is 5.92 Å². The zero-order valence-electron chi connectivity index (χ0n) is 15.9. The zero-order chi connectivity index (χ0) is 19.4. The van der Waals surface area contributed by atoms with Gasteiger partial charge in [-0.2, -0.15) is 11.8 Å². The van der Waals surface area contributed by atoms with Crippen molar-refractivity contribution in [2.45, 2.75) is 39.1 Å². The van der Waals surface area contributed by atoms with Gasteiger partial charge in [0.15, 0.2) is 0 Å². The molecule has 0 unspecified atom stereocenters. The second kappa shape index (κ2) is 8.57. The third kappa shape index (κ3) is 4.33. The van der Waals surface area contributed by atoms with Crippen LogP contribution >= 0.6 is 11.8 Å². The molecule has 1 aliphatic heterocycles. The fraction of sp³-hybridized carbons (Fsp3) is 0.381. The molecule has 0 fully saturated rings. The molecule has 27 heavy (non-hydrogen) atoms. The van der Waals surface area contributed by atoms with Crippen molar-refractivity contribution in [3.05, 3.63) is 59.3 Å². The third-order valence-corrected chi connectivity index (χ3v) is 5.58. The van der Waals surface area contributed by atoms with Crippen LogP contribution in [0.4, 0.5) is 5.82 Å². The van der Waals surface area contributed by atoms with Crippen LogP contribution in [0.25, 0.3) is 0 Å². The van der Waals surface area contributed by atoms with Crippen molar-refractivity contribution in [1.29, 1.82) is 0 Å². The smallest absolute Gasteiger partial charge is 0.255 e. The van der Waals surface area contributed by atoms with E-state index in [0.717, 1.165) is 22.6 Å². The summed E-state index contributed by atoms with van der Waals surface area (Å²) in [6.45, 7) is 6.50. The highest BCUT2D eigenvalue weighted by Crippen LogP contribution is 2.27. The maximum atomic E-state index is 13.0. The Labute approximate surface area is 164 Å². The summed E-state index contributed by atoms with van der Waals surface area (Å²) in [6, 6.07) is 10.9. The average molecular weight is 384 g/mol. The summed E-state index contributed by atoms with van der Waals surface area (Å²) in [4.78, 5) is 31.8. The van der Waals surface area contributed by atoms with E-state index in [2.05, 4.69) is 17.2 Å². The number of fused-ring (bicyclic) bond motifs is 1. The van der Waals surface area contributed by atoms with Gasteiger partial charge in [-0.05, 0) is 41.0 Å². The Morgan fingerprint density at radius 2 is 2.07 bits per heavy atom. The van der Waals surface area contributed by atoms with Crippen LogP contribution in [0.15, 0.2) is 42.6 Å². The molecule has 2 aromatic rings. The highest BCUT2D eigenvalue weighted by Gasteiger charge is 2.37. The minimum absolute atomic E-state index is 0.0120. The van der Waals surface area contributed by atoms with Crippen molar-refractivity contribution in [3.8, 4) is 0 Å². The van der Waals surface area contributed by atoms with E-state index in [9.17, 15) is 9.59 Å². The Morgan fingerprint density at radius 1 is 1.30 bits per heavy atom. The third-order valence-electron chi connectivity index (χ3n) is 4.63. The molecular weight excluding hydrogens is 358 g/mol. The summed E-state index contributed by atoms with van der Waals surface area (Å²) in [6.07, 6.45) is 1.71. The highest BCUT2D eigenvalue weighted by atomic mass is 32.2. The van der Waals surface area contributed by atoms with Gasteiger partial charge in [-0.1, -0.05) is 39.0 Å². The van der Waals surface area contributed by atoms with E-state index in [-0.39, 0.29) is 17.7 Å². The fourth-order valence-corrected chi connectivity index (χ4v) is 3.98. The van der Waals surface area contributed by atoms with Gasteiger partial charge in [-0.15, -0.1) is 0 Å². The molecule has 2 amide bonds. The van der Waals surface area contributed by atoms with Crippen LogP contribution in [-0.4, -0.2) is 33.5 Å².